The molecule has 1 saturated heterocycles. The Kier molecular flexibility index (Phi) is 5.96. The van der Waals surface area contributed by atoms with Crippen molar-refractivity contribution in [2.75, 3.05) is 13.2 Å². The average Bonchev–Trinajstić information content (AvgIpc) is 3.26. The minimum absolute atomic E-state index is 0.00367. The number of benzene rings is 1. The smallest absolute Gasteiger partial charge is 0.275 e. The van der Waals surface area contributed by atoms with Crippen LogP contribution >= 0.6 is 11.3 Å². The third-order valence-corrected chi connectivity index (χ3v) is 7.80. The quantitative estimate of drug-likeness (QED) is 0.591. The van der Waals surface area contributed by atoms with Gasteiger partial charge in [0.15, 0.2) is 16.5 Å². The second-order valence-electron chi connectivity index (χ2n) is 9.58. The van der Waals surface area contributed by atoms with E-state index in [9.17, 15) is 19.1 Å². The van der Waals surface area contributed by atoms with Gasteiger partial charge < -0.3 is 19.3 Å². The number of pyridine rings is 1. The molecule has 0 unspecified atom stereocenters. The molecular weight excluding hydrogens is 471 g/mol. The topological polar surface area (TPSA) is 97.5 Å². The molecule has 2 aliphatic rings. The maximum absolute atomic E-state index is 14.3. The largest absolute Gasteiger partial charge is 0.503 e. The number of fused-ring (bicyclic) bond motifs is 1. The number of hydrogen-bond acceptors (Lipinski definition) is 7. The number of carbonyl (C=O) groups excluding carboxylic acids is 1. The van der Waals surface area contributed by atoms with E-state index in [1.807, 2.05) is 26.8 Å². The second-order valence-corrected chi connectivity index (χ2v) is 10.6. The highest BCUT2D eigenvalue weighted by Crippen LogP contribution is 2.39. The fraction of sp³-hybridized carbons (Fsp3) is 0.440. The third kappa shape index (κ3) is 4.04. The SMILES string of the molecule is Cc1ccc(Cc2nnc(-c3cn4c(c(O)c3=O)C(=O)N(C(C)C)C3(CCOCC3)C4)s2)c(F)c1. The fourth-order valence-electron chi connectivity index (χ4n) is 5.20. The molecule has 1 N–H and O–H groups in total. The fourth-order valence-corrected chi connectivity index (χ4v) is 6.07. The normalized spacial score (nSPS) is 17.3. The third-order valence-electron chi connectivity index (χ3n) is 6.84. The molecular formula is C25H27FN4O4S. The van der Waals surface area contributed by atoms with Gasteiger partial charge in [-0.1, -0.05) is 23.5 Å². The number of rotatable bonds is 4. The number of hydrogen-bond donors (Lipinski definition) is 1. The average molecular weight is 499 g/mol. The van der Waals surface area contributed by atoms with Gasteiger partial charge in [-0.15, -0.1) is 10.2 Å². The zero-order chi connectivity index (χ0) is 24.9. The summed E-state index contributed by atoms with van der Waals surface area (Å²) in [4.78, 5) is 28.4. The van der Waals surface area contributed by atoms with Crippen molar-refractivity contribution < 1.29 is 19.0 Å². The summed E-state index contributed by atoms with van der Waals surface area (Å²) >= 11 is 1.17. The molecule has 1 spiro atoms. The summed E-state index contributed by atoms with van der Waals surface area (Å²) in [5, 5.41) is 20.0. The summed E-state index contributed by atoms with van der Waals surface area (Å²) in [6.07, 6.45) is 3.18. The first-order valence-electron chi connectivity index (χ1n) is 11.7. The van der Waals surface area contributed by atoms with Gasteiger partial charge in [0, 0.05) is 38.4 Å². The Morgan fingerprint density at radius 2 is 1.97 bits per heavy atom. The van der Waals surface area contributed by atoms with Crippen molar-refractivity contribution in [2.45, 2.75) is 58.2 Å². The number of halogens is 1. The maximum atomic E-state index is 14.3. The number of aryl methyl sites for hydroxylation is 1. The molecule has 184 valence electrons. The number of aromatic hydroxyl groups is 1. The molecule has 2 aromatic heterocycles. The summed E-state index contributed by atoms with van der Waals surface area (Å²) < 4.78 is 21.5. The van der Waals surface area contributed by atoms with Crippen LogP contribution in [0.1, 0.15) is 53.3 Å². The molecule has 1 amide bonds. The molecule has 0 bridgehead atoms. The predicted octanol–water partition coefficient (Wildman–Crippen LogP) is 3.52. The Labute approximate surface area is 206 Å². The molecule has 4 heterocycles. The summed E-state index contributed by atoms with van der Waals surface area (Å²) in [5.41, 5.74) is 0.368. The van der Waals surface area contributed by atoms with E-state index in [4.69, 9.17) is 4.74 Å². The molecule has 3 aromatic rings. The highest BCUT2D eigenvalue weighted by atomic mass is 32.1. The first-order valence-corrected chi connectivity index (χ1v) is 12.5. The summed E-state index contributed by atoms with van der Waals surface area (Å²) in [6, 6.07) is 4.91. The van der Waals surface area contributed by atoms with Crippen molar-refractivity contribution in [2.24, 2.45) is 0 Å². The van der Waals surface area contributed by atoms with Crippen molar-refractivity contribution >= 4 is 17.2 Å². The lowest BCUT2D eigenvalue weighted by atomic mass is 9.84. The van der Waals surface area contributed by atoms with Crippen LogP contribution in [0.5, 0.6) is 5.75 Å². The van der Waals surface area contributed by atoms with Gasteiger partial charge in [0.05, 0.1) is 11.1 Å². The maximum Gasteiger partial charge on any atom is 0.275 e. The number of carbonyl (C=O) groups is 1. The summed E-state index contributed by atoms with van der Waals surface area (Å²) in [5.74, 6) is -1.26. The van der Waals surface area contributed by atoms with Crippen molar-refractivity contribution in [3.63, 3.8) is 0 Å². The molecule has 1 fully saturated rings. The second kappa shape index (κ2) is 8.83. The van der Waals surface area contributed by atoms with E-state index in [1.54, 1.807) is 21.7 Å². The Balaban J connectivity index is 1.54. The zero-order valence-corrected chi connectivity index (χ0v) is 20.7. The van der Waals surface area contributed by atoms with Crippen molar-refractivity contribution in [3.8, 4) is 16.3 Å². The van der Waals surface area contributed by atoms with Crippen LogP contribution in [-0.2, 0) is 17.7 Å². The Hall–Kier alpha value is -3.11. The van der Waals surface area contributed by atoms with E-state index in [-0.39, 0.29) is 35.4 Å². The number of ether oxygens (including phenoxy) is 1. The van der Waals surface area contributed by atoms with E-state index < -0.39 is 16.7 Å². The molecule has 35 heavy (non-hydrogen) atoms. The summed E-state index contributed by atoms with van der Waals surface area (Å²) in [6.45, 7) is 7.22. The number of amides is 1. The van der Waals surface area contributed by atoms with Crippen molar-refractivity contribution in [1.82, 2.24) is 19.7 Å². The van der Waals surface area contributed by atoms with E-state index >= 15 is 0 Å². The van der Waals surface area contributed by atoms with Gasteiger partial charge in [-0.05, 0) is 50.8 Å². The van der Waals surface area contributed by atoms with Crippen LogP contribution in [0.25, 0.3) is 10.6 Å². The van der Waals surface area contributed by atoms with Gasteiger partial charge in [0.2, 0.25) is 5.43 Å². The van der Waals surface area contributed by atoms with Gasteiger partial charge >= 0.3 is 0 Å². The van der Waals surface area contributed by atoms with Crippen LogP contribution < -0.4 is 5.43 Å². The monoisotopic (exact) mass is 498 g/mol. The molecule has 0 radical (unpaired) electrons. The lowest BCUT2D eigenvalue weighted by Gasteiger charge is -2.51. The lowest BCUT2D eigenvalue weighted by molar-refractivity contribution is -0.0461. The van der Waals surface area contributed by atoms with Crippen LogP contribution in [0.3, 0.4) is 0 Å². The molecule has 5 rings (SSSR count). The first-order chi connectivity index (χ1) is 16.7. The van der Waals surface area contributed by atoms with Crippen molar-refractivity contribution in [3.05, 3.63) is 62.3 Å². The molecule has 0 atom stereocenters. The lowest BCUT2D eigenvalue weighted by Crippen LogP contribution is -2.63. The standard InChI is InChI=1S/C25H27FN4O4S/c1-14(2)30-24(33)20-22(32)21(31)17(12-29(20)13-25(30)6-8-34-9-7-25)23-28-27-19(35-23)11-16-5-4-15(3)10-18(16)26/h4-5,10,12,14,32H,6-9,11,13H2,1-3H3. The molecule has 2 aliphatic heterocycles. The Bertz CT molecular complexity index is 1360. The Morgan fingerprint density at radius 1 is 1.23 bits per heavy atom. The van der Waals surface area contributed by atoms with Crippen LogP contribution in [0.2, 0.25) is 0 Å². The molecule has 1 aromatic carbocycles. The minimum Gasteiger partial charge on any atom is -0.503 e. The first kappa shape index (κ1) is 23.6. The van der Waals surface area contributed by atoms with Gasteiger partial charge in [0.25, 0.3) is 5.91 Å². The highest BCUT2D eigenvalue weighted by molar-refractivity contribution is 7.14. The van der Waals surface area contributed by atoms with Gasteiger partial charge in [-0.3, -0.25) is 9.59 Å². The van der Waals surface area contributed by atoms with Crippen molar-refractivity contribution in [1.29, 1.82) is 0 Å². The molecule has 0 aliphatic carbocycles. The van der Waals surface area contributed by atoms with Crippen LogP contribution in [0, 0.1) is 12.7 Å². The number of aromatic nitrogens is 3. The van der Waals surface area contributed by atoms with E-state index in [2.05, 4.69) is 10.2 Å². The predicted molar refractivity (Wildman–Crippen MR) is 129 cm³/mol. The van der Waals surface area contributed by atoms with Crippen LogP contribution in [-0.4, -0.2) is 55.5 Å². The summed E-state index contributed by atoms with van der Waals surface area (Å²) in [7, 11) is 0. The zero-order valence-electron chi connectivity index (χ0n) is 19.9. The molecule has 10 heteroatoms. The van der Waals surface area contributed by atoms with Crippen LogP contribution in [0.15, 0.2) is 29.2 Å². The Morgan fingerprint density at radius 3 is 2.66 bits per heavy atom. The van der Waals surface area contributed by atoms with Gasteiger partial charge in [-0.2, -0.15) is 0 Å². The molecule has 0 saturated carbocycles. The van der Waals surface area contributed by atoms with E-state index in [1.165, 1.54) is 17.4 Å². The van der Waals surface area contributed by atoms with Gasteiger partial charge in [0.1, 0.15) is 10.8 Å². The van der Waals surface area contributed by atoms with Gasteiger partial charge in [-0.25, -0.2) is 4.39 Å². The molecule has 8 nitrogen and oxygen atoms in total. The highest BCUT2D eigenvalue weighted by Gasteiger charge is 2.48. The number of nitrogens with zero attached hydrogens (tertiary/aromatic N) is 4. The van der Waals surface area contributed by atoms with E-state index in [0.29, 0.717) is 48.2 Å². The van der Waals surface area contributed by atoms with E-state index in [0.717, 1.165) is 5.56 Å². The minimum atomic E-state index is -0.666. The van der Waals surface area contributed by atoms with Crippen LogP contribution in [0.4, 0.5) is 4.39 Å².